The number of hydrogen-bond acceptors (Lipinski definition) is 4. The van der Waals surface area contributed by atoms with E-state index in [9.17, 15) is 9.59 Å². The number of amides is 2. The maximum atomic E-state index is 12.6. The fourth-order valence-corrected chi connectivity index (χ4v) is 3.60. The number of halogens is 1. The highest BCUT2D eigenvalue weighted by Gasteiger charge is 2.16. The van der Waals surface area contributed by atoms with Crippen LogP contribution in [-0.2, 0) is 11.2 Å². The minimum atomic E-state index is -0.393. The Morgan fingerprint density at radius 2 is 1.92 bits per heavy atom. The fraction of sp³-hybridized carbons (Fsp3) is 0.105. The van der Waals surface area contributed by atoms with Gasteiger partial charge in [0.15, 0.2) is 0 Å². The zero-order valence-corrected chi connectivity index (χ0v) is 15.5. The lowest BCUT2D eigenvalue weighted by atomic mass is 10.1. The first-order chi connectivity index (χ1) is 12.4. The van der Waals surface area contributed by atoms with Crippen molar-refractivity contribution in [3.63, 3.8) is 0 Å². The van der Waals surface area contributed by atoms with Crippen molar-refractivity contribution in [2.45, 2.75) is 13.3 Å². The summed E-state index contributed by atoms with van der Waals surface area (Å²) in [4.78, 5) is 28.5. The molecule has 0 saturated heterocycles. The van der Waals surface area contributed by atoms with Crippen molar-refractivity contribution < 1.29 is 9.59 Å². The van der Waals surface area contributed by atoms with Gasteiger partial charge in [-0.05, 0) is 36.8 Å². The number of nitrogens with zero attached hydrogens (tertiary/aromatic N) is 1. The van der Waals surface area contributed by atoms with Crippen LogP contribution in [0.15, 0.2) is 48.5 Å². The molecule has 132 valence electrons. The van der Waals surface area contributed by atoms with Crippen LogP contribution in [0.1, 0.15) is 20.9 Å². The molecule has 0 radical (unpaired) electrons. The summed E-state index contributed by atoms with van der Waals surface area (Å²) in [5.41, 5.74) is 8.15. The largest absolute Gasteiger partial charge is 0.369 e. The van der Waals surface area contributed by atoms with E-state index < -0.39 is 5.91 Å². The molecule has 3 aromatic rings. The number of nitrogens with two attached hydrogens (primary N) is 1. The Hall–Kier alpha value is -2.70. The molecule has 1 aromatic heterocycles. The van der Waals surface area contributed by atoms with E-state index in [4.69, 9.17) is 17.3 Å². The van der Waals surface area contributed by atoms with Gasteiger partial charge in [0.1, 0.15) is 9.88 Å². The van der Waals surface area contributed by atoms with Crippen molar-refractivity contribution in [2.24, 2.45) is 5.73 Å². The maximum absolute atomic E-state index is 12.6. The van der Waals surface area contributed by atoms with Gasteiger partial charge in [0.05, 0.1) is 12.1 Å². The van der Waals surface area contributed by atoms with Crippen LogP contribution in [0.3, 0.4) is 0 Å². The standard InChI is InChI=1S/C19H16ClN3O2S/c1-11-17(26-19(22-11)13-3-2-4-14(20)10-13)18(25)23-15-7-5-12(6-8-15)9-16(21)24/h2-8,10H,9H2,1H3,(H2,21,24)(H,23,25). The first kappa shape index (κ1) is 18.1. The zero-order chi connectivity index (χ0) is 18.7. The molecule has 3 rings (SSSR count). The van der Waals surface area contributed by atoms with Gasteiger partial charge in [-0.1, -0.05) is 35.9 Å². The van der Waals surface area contributed by atoms with Crippen LogP contribution in [0.5, 0.6) is 0 Å². The van der Waals surface area contributed by atoms with Crippen LogP contribution in [0.2, 0.25) is 5.02 Å². The van der Waals surface area contributed by atoms with E-state index in [0.29, 0.717) is 21.3 Å². The monoisotopic (exact) mass is 385 g/mol. The average Bonchev–Trinajstić information content (AvgIpc) is 2.98. The van der Waals surface area contributed by atoms with E-state index in [0.717, 1.165) is 16.1 Å². The van der Waals surface area contributed by atoms with Crippen LogP contribution in [0, 0.1) is 6.92 Å². The van der Waals surface area contributed by atoms with Gasteiger partial charge in [-0.3, -0.25) is 9.59 Å². The van der Waals surface area contributed by atoms with Gasteiger partial charge in [0, 0.05) is 16.3 Å². The number of rotatable bonds is 5. The third-order valence-corrected chi connectivity index (χ3v) is 5.10. The number of carbonyl (C=O) groups excluding carboxylic acids is 2. The summed E-state index contributed by atoms with van der Waals surface area (Å²) in [6.45, 7) is 1.80. The lowest BCUT2D eigenvalue weighted by Gasteiger charge is -2.05. The van der Waals surface area contributed by atoms with Crippen LogP contribution < -0.4 is 11.1 Å². The van der Waals surface area contributed by atoms with E-state index in [1.807, 2.05) is 18.2 Å². The summed E-state index contributed by atoms with van der Waals surface area (Å²) in [5, 5.41) is 4.21. The molecule has 0 saturated carbocycles. The summed E-state index contributed by atoms with van der Waals surface area (Å²) in [7, 11) is 0. The normalized spacial score (nSPS) is 10.5. The lowest BCUT2D eigenvalue weighted by molar-refractivity contribution is -0.117. The Bertz CT molecular complexity index is 967. The Morgan fingerprint density at radius 1 is 1.19 bits per heavy atom. The quantitative estimate of drug-likeness (QED) is 0.694. The highest BCUT2D eigenvalue weighted by molar-refractivity contribution is 7.17. The molecule has 3 N–H and O–H groups in total. The number of nitrogens with one attached hydrogen (secondary N) is 1. The topological polar surface area (TPSA) is 85.1 Å². The molecule has 2 amide bonds. The molecule has 0 atom stereocenters. The van der Waals surface area contributed by atoms with Crippen molar-refractivity contribution in [1.82, 2.24) is 4.98 Å². The van der Waals surface area contributed by atoms with Gasteiger partial charge in [0.2, 0.25) is 5.91 Å². The number of benzene rings is 2. The fourth-order valence-electron chi connectivity index (χ4n) is 2.45. The second-order valence-corrected chi connectivity index (χ2v) is 7.17. The summed E-state index contributed by atoms with van der Waals surface area (Å²) >= 11 is 7.34. The van der Waals surface area contributed by atoms with Gasteiger partial charge in [-0.2, -0.15) is 0 Å². The molecule has 0 aliphatic rings. The molecule has 1 heterocycles. The van der Waals surface area contributed by atoms with E-state index >= 15 is 0 Å². The molecule has 0 aliphatic heterocycles. The molecule has 2 aromatic carbocycles. The number of aromatic nitrogens is 1. The van der Waals surface area contributed by atoms with Crippen LogP contribution >= 0.6 is 22.9 Å². The van der Waals surface area contributed by atoms with E-state index in [2.05, 4.69) is 10.3 Å². The molecule has 0 bridgehead atoms. The number of primary amides is 1. The average molecular weight is 386 g/mol. The van der Waals surface area contributed by atoms with Crippen molar-refractivity contribution in [2.75, 3.05) is 5.32 Å². The molecule has 0 spiro atoms. The Kier molecular flexibility index (Phi) is 5.35. The van der Waals surface area contributed by atoms with E-state index in [1.54, 1.807) is 37.3 Å². The van der Waals surface area contributed by atoms with E-state index in [1.165, 1.54) is 11.3 Å². The molecular formula is C19H16ClN3O2S. The number of anilines is 1. The predicted octanol–water partition coefficient (Wildman–Crippen LogP) is 4.05. The molecule has 0 aliphatic carbocycles. The van der Waals surface area contributed by atoms with Crippen LogP contribution in [0.4, 0.5) is 5.69 Å². The van der Waals surface area contributed by atoms with Crippen molar-refractivity contribution in [1.29, 1.82) is 0 Å². The molecule has 26 heavy (non-hydrogen) atoms. The molecular weight excluding hydrogens is 370 g/mol. The van der Waals surface area contributed by atoms with Gasteiger partial charge in [-0.25, -0.2) is 4.98 Å². The highest BCUT2D eigenvalue weighted by Crippen LogP contribution is 2.30. The molecule has 0 fully saturated rings. The third-order valence-electron chi connectivity index (χ3n) is 3.66. The van der Waals surface area contributed by atoms with Crippen molar-refractivity contribution in [3.05, 3.63) is 69.7 Å². The van der Waals surface area contributed by atoms with Gasteiger partial charge < -0.3 is 11.1 Å². The highest BCUT2D eigenvalue weighted by atomic mass is 35.5. The summed E-state index contributed by atoms with van der Waals surface area (Å²) in [6, 6.07) is 14.4. The zero-order valence-electron chi connectivity index (χ0n) is 14.0. The first-order valence-electron chi connectivity index (χ1n) is 7.84. The van der Waals surface area contributed by atoms with Gasteiger partial charge in [-0.15, -0.1) is 11.3 Å². The molecule has 0 unspecified atom stereocenters. The lowest BCUT2D eigenvalue weighted by Crippen LogP contribution is -2.14. The SMILES string of the molecule is Cc1nc(-c2cccc(Cl)c2)sc1C(=O)Nc1ccc(CC(N)=O)cc1. The molecule has 7 heteroatoms. The van der Waals surface area contributed by atoms with Crippen molar-refractivity contribution >= 4 is 40.4 Å². The number of hydrogen-bond donors (Lipinski definition) is 2. The summed E-state index contributed by atoms with van der Waals surface area (Å²) < 4.78 is 0. The maximum Gasteiger partial charge on any atom is 0.267 e. The summed E-state index contributed by atoms with van der Waals surface area (Å²) in [6.07, 6.45) is 0.172. The number of thiazole rings is 1. The second kappa shape index (κ2) is 7.68. The van der Waals surface area contributed by atoms with Crippen molar-refractivity contribution in [3.8, 4) is 10.6 Å². The first-order valence-corrected chi connectivity index (χ1v) is 9.04. The smallest absolute Gasteiger partial charge is 0.267 e. The van der Waals surface area contributed by atoms with Crippen LogP contribution in [-0.4, -0.2) is 16.8 Å². The third kappa shape index (κ3) is 4.28. The molecule has 5 nitrogen and oxygen atoms in total. The van der Waals surface area contributed by atoms with Crippen LogP contribution in [0.25, 0.3) is 10.6 Å². The Morgan fingerprint density at radius 3 is 2.58 bits per heavy atom. The van der Waals surface area contributed by atoms with Gasteiger partial charge >= 0.3 is 0 Å². The Labute approximate surface area is 159 Å². The van der Waals surface area contributed by atoms with E-state index in [-0.39, 0.29) is 12.3 Å². The predicted molar refractivity (Wildman–Crippen MR) is 105 cm³/mol. The Balaban J connectivity index is 1.77. The second-order valence-electron chi connectivity index (χ2n) is 5.74. The minimum absolute atomic E-state index is 0.172. The number of aryl methyl sites for hydroxylation is 1. The minimum Gasteiger partial charge on any atom is -0.369 e. The summed E-state index contributed by atoms with van der Waals surface area (Å²) in [5.74, 6) is -0.619. The van der Waals surface area contributed by atoms with Gasteiger partial charge in [0.25, 0.3) is 5.91 Å². The number of carbonyl (C=O) groups is 2.